The van der Waals surface area contributed by atoms with Crippen molar-refractivity contribution >= 4 is 11.8 Å². The third-order valence-corrected chi connectivity index (χ3v) is 4.29. The molecule has 0 saturated carbocycles. The molecule has 5 N–H and O–H groups in total. The van der Waals surface area contributed by atoms with Crippen molar-refractivity contribution in [3.8, 4) is 0 Å². The summed E-state index contributed by atoms with van der Waals surface area (Å²) in [5, 5.41) is 33.0. The Labute approximate surface area is 145 Å². The van der Waals surface area contributed by atoms with E-state index < -0.39 is 37.3 Å². The van der Waals surface area contributed by atoms with Crippen LogP contribution >= 0.6 is 0 Å². The topological polar surface area (TPSA) is 135 Å². The Bertz CT molecular complexity index is 590. The fourth-order valence-electron chi connectivity index (χ4n) is 2.73. The van der Waals surface area contributed by atoms with Crippen molar-refractivity contribution in [2.24, 2.45) is 0 Å². The zero-order chi connectivity index (χ0) is 18.4. The molecule has 2 amide bonds. The number of nitrogens with one attached hydrogen (secondary N) is 2. The molecule has 0 spiro atoms. The van der Waals surface area contributed by atoms with Crippen LogP contribution in [0.15, 0.2) is 16.5 Å². The fraction of sp³-hybridized carbons (Fsp3) is 0.625. The predicted molar refractivity (Wildman–Crippen MR) is 87.4 cm³/mol. The number of hydrogen-bond acceptors (Lipinski definition) is 7. The quantitative estimate of drug-likeness (QED) is 0.368. The lowest BCUT2D eigenvalue weighted by Crippen LogP contribution is -2.60. The second kappa shape index (κ2) is 8.43. The number of nitrogens with zero attached hydrogens (tertiary/aromatic N) is 1. The molecule has 1 aliphatic heterocycles. The molecule has 0 unspecified atom stereocenters. The minimum absolute atomic E-state index is 0.159. The maximum atomic E-state index is 12.3. The first-order valence-corrected chi connectivity index (χ1v) is 8.13. The predicted octanol–water partition coefficient (Wildman–Crippen LogP) is -1.89. The number of hydrogen-bond donors (Lipinski definition) is 5. The van der Waals surface area contributed by atoms with Gasteiger partial charge in [-0.25, -0.2) is 0 Å². The van der Waals surface area contributed by atoms with E-state index in [1.807, 2.05) is 24.0 Å². The smallest absolute Gasteiger partial charge is 0.237 e. The van der Waals surface area contributed by atoms with Gasteiger partial charge in [-0.1, -0.05) is 0 Å². The Morgan fingerprint density at radius 2 is 2.04 bits per heavy atom. The SMILES string of the molecule is Cc1ccc(CN2CCNC(=O)[C@@H]2CC(=O)NC(CO)(CO)CO)o1. The zero-order valence-electron chi connectivity index (χ0n) is 14.2. The van der Waals surface area contributed by atoms with Crippen LogP contribution in [0.2, 0.25) is 0 Å². The normalized spacial score (nSPS) is 18.9. The van der Waals surface area contributed by atoms with E-state index >= 15 is 0 Å². The molecule has 1 fully saturated rings. The van der Waals surface area contributed by atoms with Crippen LogP contribution in [-0.2, 0) is 16.1 Å². The van der Waals surface area contributed by atoms with Crippen LogP contribution in [0, 0.1) is 6.92 Å². The average molecular weight is 355 g/mol. The van der Waals surface area contributed by atoms with Crippen molar-refractivity contribution in [3.05, 3.63) is 23.7 Å². The van der Waals surface area contributed by atoms with Gasteiger partial charge in [0.15, 0.2) is 0 Å². The van der Waals surface area contributed by atoms with Gasteiger partial charge in [-0.3, -0.25) is 14.5 Å². The lowest BCUT2D eigenvalue weighted by molar-refractivity contribution is -0.135. The monoisotopic (exact) mass is 355 g/mol. The number of piperazine rings is 1. The summed E-state index contributed by atoms with van der Waals surface area (Å²) in [7, 11) is 0. The van der Waals surface area contributed by atoms with E-state index in [-0.39, 0.29) is 12.3 Å². The number of aryl methyl sites for hydroxylation is 1. The summed E-state index contributed by atoms with van der Waals surface area (Å²) in [5.41, 5.74) is -1.51. The summed E-state index contributed by atoms with van der Waals surface area (Å²) in [5.74, 6) is 0.657. The molecule has 1 aliphatic rings. The molecule has 0 aliphatic carbocycles. The molecule has 9 heteroatoms. The largest absolute Gasteiger partial charge is 0.465 e. The molecule has 1 saturated heterocycles. The van der Waals surface area contributed by atoms with E-state index in [0.29, 0.717) is 25.4 Å². The van der Waals surface area contributed by atoms with Gasteiger partial charge in [0.1, 0.15) is 17.1 Å². The van der Waals surface area contributed by atoms with E-state index in [1.165, 1.54) is 0 Å². The van der Waals surface area contributed by atoms with Gasteiger partial charge in [-0.05, 0) is 19.1 Å². The third kappa shape index (κ3) is 4.79. The first-order valence-electron chi connectivity index (χ1n) is 8.13. The molecule has 1 aromatic rings. The van der Waals surface area contributed by atoms with E-state index in [0.717, 1.165) is 5.76 Å². The molecule has 140 valence electrons. The highest BCUT2D eigenvalue weighted by atomic mass is 16.3. The molecule has 25 heavy (non-hydrogen) atoms. The lowest BCUT2D eigenvalue weighted by atomic mass is 10.0. The summed E-state index contributed by atoms with van der Waals surface area (Å²) in [6.45, 7) is 1.42. The van der Waals surface area contributed by atoms with Crippen molar-refractivity contribution in [2.75, 3.05) is 32.9 Å². The van der Waals surface area contributed by atoms with Crippen molar-refractivity contribution in [1.82, 2.24) is 15.5 Å². The molecule has 9 nitrogen and oxygen atoms in total. The number of furan rings is 1. The Balaban J connectivity index is 2.04. The molecule has 0 radical (unpaired) electrons. The van der Waals surface area contributed by atoms with Crippen LogP contribution in [0.4, 0.5) is 0 Å². The van der Waals surface area contributed by atoms with Crippen molar-refractivity contribution < 1.29 is 29.3 Å². The van der Waals surface area contributed by atoms with Gasteiger partial charge in [-0.2, -0.15) is 0 Å². The van der Waals surface area contributed by atoms with Crippen LogP contribution in [0.1, 0.15) is 17.9 Å². The lowest BCUT2D eigenvalue weighted by Gasteiger charge is -2.35. The van der Waals surface area contributed by atoms with Gasteiger partial charge in [0, 0.05) is 13.1 Å². The zero-order valence-corrected chi connectivity index (χ0v) is 14.2. The number of carbonyl (C=O) groups excluding carboxylic acids is 2. The van der Waals surface area contributed by atoms with Crippen LogP contribution in [0.3, 0.4) is 0 Å². The van der Waals surface area contributed by atoms with Crippen molar-refractivity contribution in [3.63, 3.8) is 0 Å². The molecule has 0 aromatic carbocycles. The van der Waals surface area contributed by atoms with E-state index in [2.05, 4.69) is 10.6 Å². The summed E-state index contributed by atoms with van der Waals surface area (Å²) < 4.78 is 5.53. The van der Waals surface area contributed by atoms with E-state index in [9.17, 15) is 24.9 Å². The maximum absolute atomic E-state index is 12.3. The molecule has 0 bridgehead atoms. The molecule has 2 rings (SSSR count). The van der Waals surface area contributed by atoms with Crippen molar-refractivity contribution in [2.45, 2.75) is 31.5 Å². The summed E-state index contributed by atoms with van der Waals surface area (Å²) >= 11 is 0. The van der Waals surface area contributed by atoms with E-state index in [1.54, 1.807) is 0 Å². The fourth-order valence-corrected chi connectivity index (χ4v) is 2.73. The molecule has 1 aromatic heterocycles. The van der Waals surface area contributed by atoms with Crippen molar-refractivity contribution in [1.29, 1.82) is 0 Å². The molecule has 2 heterocycles. The Hall–Kier alpha value is -1.94. The first-order chi connectivity index (χ1) is 11.9. The highest BCUT2D eigenvalue weighted by Crippen LogP contribution is 2.16. The minimum Gasteiger partial charge on any atom is -0.465 e. The van der Waals surface area contributed by atoms with Gasteiger partial charge < -0.3 is 30.4 Å². The van der Waals surface area contributed by atoms with Gasteiger partial charge in [0.2, 0.25) is 11.8 Å². The maximum Gasteiger partial charge on any atom is 0.237 e. The first kappa shape index (κ1) is 19.4. The number of carbonyl (C=O) groups is 2. The summed E-state index contributed by atoms with van der Waals surface area (Å²) in [4.78, 5) is 26.3. The number of rotatable bonds is 8. The molecule has 1 atom stereocenters. The van der Waals surface area contributed by atoms with E-state index in [4.69, 9.17) is 4.42 Å². The second-order valence-corrected chi connectivity index (χ2v) is 6.30. The minimum atomic E-state index is -1.51. The standard InChI is InChI=1S/C16H25N3O6/c1-11-2-3-12(25-11)7-19-5-4-17-15(24)13(19)6-14(23)18-16(8-20,9-21)10-22/h2-3,13,20-22H,4-10H2,1H3,(H,17,24)(H,18,23)/t13-/m0/s1. The van der Waals surface area contributed by atoms with Crippen LogP contribution in [0.25, 0.3) is 0 Å². The van der Waals surface area contributed by atoms with Gasteiger partial charge in [-0.15, -0.1) is 0 Å². The summed E-state index contributed by atoms with van der Waals surface area (Å²) in [6.07, 6.45) is -0.159. The third-order valence-electron chi connectivity index (χ3n) is 4.29. The number of amides is 2. The van der Waals surface area contributed by atoms with Crippen LogP contribution in [-0.4, -0.2) is 76.5 Å². The average Bonchev–Trinajstić information content (AvgIpc) is 3.01. The second-order valence-electron chi connectivity index (χ2n) is 6.30. The van der Waals surface area contributed by atoms with Gasteiger partial charge >= 0.3 is 0 Å². The Morgan fingerprint density at radius 1 is 1.36 bits per heavy atom. The highest BCUT2D eigenvalue weighted by Gasteiger charge is 2.35. The Kier molecular flexibility index (Phi) is 6.54. The number of aliphatic hydroxyl groups is 3. The molecular weight excluding hydrogens is 330 g/mol. The Morgan fingerprint density at radius 3 is 2.60 bits per heavy atom. The summed E-state index contributed by atoms with van der Waals surface area (Å²) in [6, 6.07) is 2.96. The van der Waals surface area contributed by atoms with Crippen LogP contribution < -0.4 is 10.6 Å². The van der Waals surface area contributed by atoms with Crippen LogP contribution in [0.5, 0.6) is 0 Å². The number of aliphatic hydroxyl groups excluding tert-OH is 3. The highest BCUT2D eigenvalue weighted by molar-refractivity contribution is 5.89. The van der Waals surface area contributed by atoms with Gasteiger partial charge in [0.25, 0.3) is 0 Å². The van der Waals surface area contributed by atoms with Gasteiger partial charge in [0.05, 0.1) is 38.8 Å². The molecular formula is C16H25N3O6.